The lowest BCUT2D eigenvalue weighted by atomic mass is 9.86. The van der Waals surface area contributed by atoms with Gasteiger partial charge in [-0.1, -0.05) is 48.5 Å². The van der Waals surface area contributed by atoms with E-state index in [0.29, 0.717) is 0 Å². The van der Waals surface area contributed by atoms with Crippen LogP contribution in [-0.2, 0) is 12.8 Å². The number of rotatable bonds is 1. The Labute approximate surface area is 124 Å². The zero-order valence-electron chi connectivity index (χ0n) is 12.1. The minimum Gasteiger partial charge on any atom is -0.212 e. The van der Waals surface area contributed by atoms with Crippen LogP contribution in [0.4, 0.5) is 0 Å². The van der Waals surface area contributed by atoms with Crippen LogP contribution in [0.2, 0.25) is 0 Å². The van der Waals surface area contributed by atoms with Crippen LogP contribution < -0.4 is 0 Å². The van der Waals surface area contributed by atoms with Gasteiger partial charge in [0.25, 0.3) is 0 Å². The molecule has 1 nitrogen and oxygen atoms in total. The third kappa shape index (κ3) is 2.06. The molecule has 2 aromatic carbocycles. The summed E-state index contributed by atoms with van der Waals surface area (Å²) < 4.78 is 6.09. The lowest BCUT2D eigenvalue weighted by Gasteiger charge is -2.15. The summed E-state index contributed by atoms with van der Waals surface area (Å²) in [6.45, 7) is 2.03. The first-order valence-electron chi connectivity index (χ1n) is 7.43. The third-order valence-electron chi connectivity index (χ3n) is 4.20. The topological polar surface area (TPSA) is 11.3 Å². The summed E-state index contributed by atoms with van der Waals surface area (Å²) in [7, 11) is 0. The van der Waals surface area contributed by atoms with Crippen LogP contribution >= 0.6 is 0 Å². The number of hydrogen-bond donors (Lipinski definition) is 0. The van der Waals surface area contributed by atoms with Crippen molar-refractivity contribution in [3.63, 3.8) is 0 Å². The highest BCUT2D eigenvalue weighted by atomic mass is 16.3. The Morgan fingerprint density at radius 2 is 1.57 bits per heavy atom. The molecule has 0 bridgehead atoms. The van der Waals surface area contributed by atoms with Crippen LogP contribution in [0.25, 0.3) is 22.5 Å². The van der Waals surface area contributed by atoms with Gasteiger partial charge in [-0.05, 0) is 30.0 Å². The van der Waals surface area contributed by atoms with Gasteiger partial charge in [-0.3, -0.25) is 0 Å². The zero-order chi connectivity index (χ0) is 14.2. The second-order valence-electron chi connectivity index (χ2n) is 5.60. The molecule has 0 saturated carbocycles. The van der Waals surface area contributed by atoms with E-state index in [2.05, 4.69) is 60.7 Å². The molecule has 0 aliphatic heterocycles. The van der Waals surface area contributed by atoms with Crippen molar-refractivity contribution in [2.45, 2.75) is 19.8 Å². The molecule has 1 aliphatic carbocycles. The molecule has 1 aromatic heterocycles. The van der Waals surface area contributed by atoms with E-state index in [0.717, 1.165) is 24.4 Å². The second-order valence-corrected chi connectivity index (χ2v) is 5.60. The lowest BCUT2D eigenvalue weighted by molar-refractivity contribution is 0.521. The van der Waals surface area contributed by atoms with Gasteiger partial charge < -0.3 is 0 Å². The molecule has 1 heteroatoms. The molecular weight excluding hydrogens is 256 g/mol. The van der Waals surface area contributed by atoms with E-state index >= 15 is 0 Å². The molecule has 0 N–H and O–H groups in total. The molecule has 102 valence electrons. The second kappa shape index (κ2) is 4.85. The zero-order valence-corrected chi connectivity index (χ0v) is 12.1. The fourth-order valence-corrected chi connectivity index (χ4v) is 3.23. The summed E-state index contributed by atoms with van der Waals surface area (Å²) >= 11 is 0. The predicted molar refractivity (Wildman–Crippen MR) is 86.1 cm³/mol. The molecule has 0 atom stereocenters. The highest BCUT2D eigenvalue weighted by Crippen LogP contribution is 2.39. The summed E-state index contributed by atoms with van der Waals surface area (Å²) in [5.41, 5.74) is 6.55. The number of benzene rings is 2. The average Bonchev–Trinajstić information content (AvgIpc) is 2.55. The molecule has 1 aliphatic rings. The van der Waals surface area contributed by atoms with E-state index in [1.165, 1.54) is 27.8 Å². The van der Waals surface area contributed by atoms with Crippen molar-refractivity contribution in [3.05, 3.63) is 77.6 Å². The highest BCUT2D eigenvalue weighted by molar-refractivity contribution is 5.78. The van der Waals surface area contributed by atoms with Crippen molar-refractivity contribution < 1.29 is 4.42 Å². The van der Waals surface area contributed by atoms with E-state index in [1.54, 1.807) is 0 Å². The normalized spacial score (nSPS) is 12.6. The Morgan fingerprint density at radius 1 is 0.810 bits per heavy atom. The quantitative estimate of drug-likeness (QED) is 0.547. The summed E-state index contributed by atoms with van der Waals surface area (Å²) in [5.74, 6) is 2.01. The van der Waals surface area contributed by atoms with E-state index in [1.807, 2.05) is 6.92 Å². The molecule has 0 unspecified atom stereocenters. The maximum absolute atomic E-state index is 6.09. The number of aryl methyl sites for hydroxylation is 2. The van der Waals surface area contributed by atoms with Gasteiger partial charge in [0.1, 0.15) is 0 Å². The van der Waals surface area contributed by atoms with Crippen LogP contribution in [0.1, 0.15) is 16.9 Å². The Kier molecular flexibility index (Phi) is 2.85. The van der Waals surface area contributed by atoms with Gasteiger partial charge in [-0.15, -0.1) is 0 Å². The average molecular weight is 273 g/mol. The Bertz CT molecular complexity index is 786. The lowest BCUT2D eigenvalue weighted by Crippen LogP contribution is -2.06. The van der Waals surface area contributed by atoms with Crippen molar-refractivity contribution in [1.82, 2.24) is 0 Å². The molecule has 4 rings (SSSR count). The van der Waals surface area contributed by atoms with Crippen molar-refractivity contribution in [3.8, 4) is 22.5 Å². The largest absolute Gasteiger partial charge is 0.364 e. The van der Waals surface area contributed by atoms with E-state index in [9.17, 15) is 0 Å². The Morgan fingerprint density at radius 3 is 2.43 bits per heavy atom. The first-order valence-corrected chi connectivity index (χ1v) is 7.43. The van der Waals surface area contributed by atoms with Gasteiger partial charge in [-0.25, -0.2) is 4.42 Å². The predicted octanol–water partition coefficient (Wildman–Crippen LogP) is 5.30. The first-order chi connectivity index (χ1) is 10.3. The summed E-state index contributed by atoms with van der Waals surface area (Å²) in [4.78, 5) is 0. The van der Waals surface area contributed by atoms with Gasteiger partial charge >= 0.3 is 11.5 Å². The maximum atomic E-state index is 6.09. The van der Waals surface area contributed by atoms with Crippen molar-refractivity contribution in [1.29, 1.82) is 0 Å². The molecule has 21 heavy (non-hydrogen) atoms. The molecular formula is C20H17O+. The fourth-order valence-electron chi connectivity index (χ4n) is 3.23. The van der Waals surface area contributed by atoms with Gasteiger partial charge in [-0.2, -0.15) is 0 Å². The van der Waals surface area contributed by atoms with Gasteiger partial charge in [0.15, 0.2) is 0 Å². The molecule has 1 heterocycles. The van der Waals surface area contributed by atoms with Gasteiger partial charge in [0.2, 0.25) is 0 Å². The summed E-state index contributed by atoms with van der Waals surface area (Å²) in [6.07, 6.45) is 2.13. The maximum Gasteiger partial charge on any atom is 0.364 e. The Hall–Kier alpha value is -2.41. The number of hydrogen-bond acceptors (Lipinski definition) is 0. The molecule has 0 saturated heterocycles. The smallest absolute Gasteiger partial charge is 0.212 e. The SMILES string of the molecule is Cc1cc(-c2ccccc2)c2c([o+]1)-c1ccccc1CC2. The van der Waals surface area contributed by atoms with Crippen LogP contribution in [0.5, 0.6) is 0 Å². The Balaban J connectivity index is 1.99. The minimum absolute atomic E-state index is 0.962. The van der Waals surface area contributed by atoms with Crippen LogP contribution in [-0.4, -0.2) is 0 Å². The molecule has 0 spiro atoms. The third-order valence-corrected chi connectivity index (χ3v) is 4.20. The monoisotopic (exact) mass is 273 g/mol. The van der Waals surface area contributed by atoms with Crippen molar-refractivity contribution in [2.75, 3.05) is 0 Å². The highest BCUT2D eigenvalue weighted by Gasteiger charge is 2.29. The van der Waals surface area contributed by atoms with E-state index in [-0.39, 0.29) is 0 Å². The van der Waals surface area contributed by atoms with Crippen LogP contribution in [0, 0.1) is 6.92 Å². The minimum atomic E-state index is 0.962. The van der Waals surface area contributed by atoms with Gasteiger partial charge in [0.05, 0.1) is 18.1 Å². The van der Waals surface area contributed by atoms with Crippen molar-refractivity contribution in [2.24, 2.45) is 0 Å². The molecule has 3 aromatic rings. The first kappa shape index (κ1) is 12.3. The summed E-state index contributed by atoms with van der Waals surface area (Å²) in [5, 5.41) is 0. The van der Waals surface area contributed by atoms with E-state index in [4.69, 9.17) is 4.42 Å². The van der Waals surface area contributed by atoms with Crippen molar-refractivity contribution >= 4 is 0 Å². The fraction of sp³-hybridized carbons (Fsp3) is 0.150. The van der Waals surface area contributed by atoms with Crippen LogP contribution in [0.3, 0.4) is 0 Å². The molecule has 0 fully saturated rings. The van der Waals surface area contributed by atoms with E-state index < -0.39 is 0 Å². The summed E-state index contributed by atoms with van der Waals surface area (Å²) in [6, 6.07) is 21.4. The molecule has 0 amide bonds. The van der Waals surface area contributed by atoms with Gasteiger partial charge in [0, 0.05) is 11.6 Å². The standard InChI is InChI=1S/C20H17O/c1-14-13-19(15-7-3-2-4-8-15)18-12-11-16-9-5-6-10-17(16)20(18)21-14/h2-10,13H,11-12H2,1H3/q+1. The van der Waals surface area contributed by atoms with Crippen LogP contribution in [0.15, 0.2) is 65.1 Å². The molecule has 0 radical (unpaired) electrons. The number of fused-ring (bicyclic) bond motifs is 3.